The molecule has 0 spiro atoms. The van der Waals surface area contributed by atoms with E-state index in [-0.39, 0.29) is 25.1 Å². The van der Waals surface area contributed by atoms with Crippen LogP contribution in [-0.2, 0) is 6.61 Å². The smallest absolute Gasteiger partial charge is 0.123 e. The maximum atomic E-state index is 12.9. The van der Waals surface area contributed by atoms with Gasteiger partial charge in [-0.15, -0.1) is 0 Å². The molecule has 1 aromatic rings. The first-order valence-electron chi connectivity index (χ1n) is 5.05. The fraction of sp³-hybridized carbons (Fsp3) is 0.455. The number of aliphatic hydroxyl groups is 3. The van der Waals surface area contributed by atoms with Gasteiger partial charge in [-0.2, -0.15) is 0 Å². The predicted molar refractivity (Wildman–Crippen MR) is 57.0 cm³/mol. The molecule has 0 bridgehead atoms. The summed E-state index contributed by atoms with van der Waals surface area (Å²) in [5.41, 5.74) is 5.85. The number of rotatable bonds is 5. The van der Waals surface area contributed by atoms with E-state index in [9.17, 15) is 14.6 Å². The van der Waals surface area contributed by atoms with Crippen molar-refractivity contribution in [3.05, 3.63) is 35.1 Å². The second-order valence-electron chi connectivity index (χ2n) is 3.59. The first-order valence-corrected chi connectivity index (χ1v) is 5.05. The third-order valence-electron chi connectivity index (χ3n) is 2.42. The van der Waals surface area contributed by atoms with Crippen molar-refractivity contribution < 1.29 is 19.7 Å². The van der Waals surface area contributed by atoms with E-state index in [1.165, 1.54) is 12.1 Å². The Kier molecular flexibility index (Phi) is 4.82. The normalized spacial score (nSPS) is 14.8. The van der Waals surface area contributed by atoms with E-state index in [1.54, 1.807) is 0 Å². The molecule has 0 saturated heterocycles. The summed E-state index contributed by atoms with van der Waals surface area (Å²) in [6, 6.07) is 3.66. The molecule has 0 aromatic heterocycles. The highest BCUT2D eigenvalue weighted by atomic mass is 19.1. The topological polar surface area (TPSA) is 86.7 Å². The average molecular weight is 229 g/mol. The molecule has 2 atom stereocenters. The van der Waals surface area contributed by atoms with Crippen LogP contribution in [0.3, 0.4) is 0 Å². The van der Waals surface area contributed by atoms with Gasteiger partial charge in [-0.1, -0.05) is 6.07 Å². The zero-order valence-electron chi connectivity index (χ0n) is 8.81. The number of hydrogen-bond donors (Lipinski definition) is 4. The molecule has 0 heterocycles. The van der Waals surface area contributed by atoms with E-state index in [0.717, 1.165) is 6.07 Å². The van der Waals surface area contributed by atoms with E-state index in [0.29, 0.717) is 5.56 Å². The van der Waals surface area contributed by atoms with E-state index < -0.39 is 18.0 Å². The number of aliphatic hydroxyl groups excluding tert-OH is 3. The highest BCUT2D eigenvalue weighted by Gasteiger charge is 2.20. The molecular weight excluding hydrogens is 213 g/mol. The molecule has 0 aliphatic carbocycles. The molecule has 5 heteroatoms. The monoisotopic (exact) mass is 229 g/mol. The molecule has 90 valence electrons. The van der Waals surface area contributed by atoms with Crippen LogP contribution >= 0.6 is 0 Å². The molecule has 0 aliphatic rings. The lowest BCUT2D eigenvalue weighted by molar-refractivity contribution is 0.0139. The summed E-state index contributed by atoms with van der Waals surface area (Å²) in [6.45, 7) is -0.145. The SMILES string of the molecule is NCCC(O)C(O)c1ccc(F)cc1CO. The number of halogens is 1. The minimum absolute atomic E-state index is 0.239. The zero-order chi connectivity index (χ0) is 12.1. The molecule has 2 unspecified atom stereocenters. The third-order valence-corrected chi connectivity index (χ3v) is 2.42. The lowest BCUT2D eigenvalue weighted by Crippen LogP contribution is -2.22. The molecule has 0 fully saturated rings. The summed E-state index contributed by atoms with van der Waals surface area (Å²) in [6.07, 6.45) is -1.93. The molecular formula is C11H16FNO3. The fourth-order valence-corrected chi connectivity index (χ4v) is 1.54. The van der Waals surface area contributed by atoms with Crippen molar-refractivity contribution in [3.63, 3.8) is 0 Å². The predicted octanol–water partition coefficient (Wildman–Crippen LogP) is 0.0611. The van der Waals surface area contributed by atoms with Gasteiger partial charge in [-0.05, 0) is 36.2 Å². The molecule has 16 heavy (non-hydrogen) atoms. The Morgan fingerprint density at radius 1 is 1.31 bits per heavy atom. The minimum atomic E-state index is -1.16. The van der Waals surface area contributed by atoms with Gasteiger partial charge in [0.05, 0.1) is 12.7 Å². The Morgan fingerprint density at radius 3 is 2.56 bits per heavy atom. The third kappa shape index (κ3) is 2.99. The Balaban J connectivity index is 2.93. The largest absolute Gasteiger partial charge is 0.392 e. The van der Waals surface area contributed by atoms with Crippen molar-refractivity contribution in [1.82, 2.24) is 0 Å². The quantitative estimate of drug-likeness (QED) is 0.575. The van der Waals surface area contributed by atoms with Crippen LogP contribution in [-0.4, -0.2) is 28.0 Å². The first-order chi connectivity index (χ1) is 7.60. The van der Waals surface area contributed by atoms with Gasteiger partial charge in [0.15, 0.2) is 0 Å². The van der Waals surface area contributed by atoms with Gasteiger partial charge in [0.25, 0.3) is 0 Å². The van der Waals surface area contributed by atoms with Crippen LogP contribution in [0.5, 0.6) is 0 Å². The van der Waals surface area contributed by atoms with E-state index in [4.69, 9.17) is 10.8 Å². The molecule has 0 amide bonds. The molecule has 1 rings (SSSR count). The summed E-state index contributed by atoms with van der Waals surface area (Å²) >= 11 is 0. The fourth-order valence-electron chi connectivity index (χ4n) is 1.54. The average Bonchev–Trinajstić information content (AvgIpc) is 2.28. The Bertz CT molecular complexity index is 346. The van der Waals surface area contributed by atoms with Gasteiger partial charge in [0.1, 0.15) is 11.9 Å². The molecule has 4 nitrogen and oxygen atoms in total. The van der Waals surface area contributed by atoms with Gasteiger partial charge in [0.2, 0.25) is 0 Å². The van der Waals surface area contributed by atoms with Crippen molar-refractivity contribution in [1.29, 1.82) is 0 Å². The second-order valence-corrected chi connectivity index (χ2v) is 3.59. The maximum Gasteiger partial charge on any atom is 0.123 e. The summed E-state index contributed by atoms with van der Waals surface area (Å²) in [5, 5.41) is 28.4. The second kappa shape index (κ2) is 5.91. The molecule has 0 radical (unpaired) electrons. The Hall–Kier alpha value is -1.01. The van der Waals surface area contributed by atoms with Crippen LogP contribution in [0, 0.1) is 5.82 Å². The van der Waals surface area contributed by atoms with Gasteiger partial charge in [0, 0.05) is 0 Å². The van der Waals surface area contributed by atoms with Crippen LogP contribution in [0.1, 0.15) is 23.7 Å². The van der Waals surface area contributed by atoms with E-state index >= 15 is 0 Å². The molecule has 0 saturated carbocycles. The standard InChI is InChI=1S/C11H16FNO3/c12-8-1-2-9(7(5-8)6-14)11(16)10(15)3-4-13/h1-2,5,10-11,14-16H,3-4,6,13H2. The lowest BCUT2D eigenvalue weighted by atomic mass is 9.97. The number of benzene rings is 1. The number of hydrogen-bond acceptors (Lipinski definition) is 4. The van der Waals surface area contributed by atoms with Crippen LogP contribution in [0.15, 0.2) is 18.2 Å². The molecule has 5 N–H and O–H groups in total. The number of nitrogens with two attached hydrogens (primary N) is 1. The van der Waals surface area contributed by atoms with Gasteiger partial charge >= 0.3 is 0 Å². The Labute approximate surface area is 93.1 Å². The van der Waals surface area contributed by atoms with Crippen molar-refractivity contribution in [3.8, 4) is 0 Å². The summed E-state index contributed by atoms with van der Waals surface area (Å²) in [5.74, 6) is -0.492. The van der Waals surface area contributed by atoms with Crippen LogP contribution in [0.2, 0.25) is 0 Å². The zero-order valence-corrected chi connectivity index (χ0v) is 8.81. The van der Waals surface area contributed by atoms with Gasteiger partial charge in [-0.25, -0.2) is 4.39 Å². The van der Waals surface area contributed by atoms with E-state index in [2.05, 4.69) is 0 Å². The molecule has 1 aromatic carbocycles. The summed E-state index contributed by atoms with van der Waals surface area (Å²) < 4.78 is 12.9. The highest BCUT2D eigenvalue weighted by molar-refractivity contribution is 5.29. The van der Waals surface area contributed by atoms with Crippen molar-refractivity contribution in [2.45, 2.75) is 25.2 Å². The van der Waals surface area contributed by atoms with Gasteiger partial charge in [-0.3, -0.25) is 0 Å². The minimum Gasteiger partial charge on any atom is -0.392 e. The van der Waals surface area contributed by atoms with Crippen molar-refractivity contribution in [2.75, 3.05) is 6.54 Å². The summed E-state index contributed by atoms with van der Waals surface area (Å²) in [7, 11) is 0. The van der Waals surface area contributed by atoms with Crippen LogP contribution in [0.25, 0.3) is 0 Å². The van der Waals surface area contributed by atoms with Gasteiger partial charge < -0.3 is 21.1 Å². The van der Waals surface area contributed by atoms with Crippen molar-refractivity contribution >= 4 is 0 Å². The molecule has 0 aliphatic heterocycles. The Morgan fingerprint density at radius 2 is 2.00 bits per heavy atom. The summed E-state index contributed by atoms with van der Waals surface area (Å²) in [4.78, 5) is 0. The highest BCUT2D eigenvalue weighted by Crippen LogP contribution is 2.23. The lowest BCUT2D eigenvalue weighted by Gasteiger charge is -2.19. The first kappa shape index (κ1) is 13.1. The van der Waals surface area contributed by atoms with Crippen molar-refractivity contribution in [2.24, 2.45) is 5.73 Å². The van der Waals surface area contributed by atoms with E-state index in [1.807, 2.05) is 0 Å². The maximum absolute atomic E-state index is 12.9. The van der Waals surface area contributed by atoms with Crippen LogP contribution < -0.4 is 5.73 Å². The van der Waals surface area contributed by atoms with Crippen LogP contribution in [0.4, 0.5) is 4.39 Å².